The van der Waals surface area contributed by atoms with E-state index in [1.165, 1.54) is 6.33 Å². The fourth-order valence-electron chi connectivity index (χ4n) is 3.75. The lowest BCUT2D eigenvalue weighted by Gasteiger charge is -2.28. The zero-order valence-electron chi connectivity index (χ0n) is 15.5. The Morgan fingerprint density at radius 3 is 2.26 bits per heavy atom. The van der Waals surface area contributed by atoms with Gasteiger partial charge in [0.15, 0.2) is 0 Å². The predicted molar refractivity (Wildman–Crippen MR) is 99.4 cm³/mol. The van der Waals surface area contributed by atoms with E-state index in [1.807, 2.05) is 29.2 Å². The standard InChI is InChI=1S/C20H26N4O3/c25-20(17-7-5-16(6-8-17)11-24-15-21-14-22-24)23(12-18-3-1-9-26-18)13-19-4-2-10-27-19/h5-8,14-15,18-19H,1-4,9-13H2. The van der Waals surface area contributed by atoms with E-state index in [4.69, 9.17) is 9.47 Å². The summed E-state index contributed by atoms with van der Waals surface area (Å²) in [5, 5.41) is 4.11. The number of aromatic nitrogens is 3. The number of hydrogen-bond donors (Lipinski definition) is 0. The molecule has 2 aliphatic heterocycles. The number of rotatable bonds is 7. The normalized spacial score (nSPS) is 22.2. The fourth-order valence-corrected chi connectivity index (χ4v) is 3.75. The molecule has 0 spiro atoms. The summed E-state index contributed by atoms with van der Waals surface area (Å²) in [4.78, 5) is 19.0. The van der Waals surface area contributed by atoms with Crippen LogP contribution in [0.3, 0.4) is 0 Å². The van der Waals surface area contributed by atoms with E-state index in [0.717, 1.165) is 44.5 Å². The first-order valence-corrected chi connectivity index (χ1v) is 9.72. The second-order valence-electron chi connectivity index (χ2n) is 7.27. The molecular formula is C20H26N4O3. The molecule has 7 heteroatoms. The number of nitrogens with zero attached hydrogens (tertiary/aromatic N) is 4. The van der Waals surface area contributed by atoms with E-state index in [1.54, 1.807) is 11.0 Å². The molecule has 1 aromatic heterocycles. The maximum absolute atomic E-state index is 13.1. The second kappa shape index (κ2) is 8.63. The minimum absolute atomic E-state index is 0.0494. The lowest BCUT2D eigenvalue weighted by atomic mass is 10.1. The molecule has 2 unspecified atom stereocenters. The Hall–Kier alpha value is -2.25. The summed E-state index contributed by atoms with van der Waals surface area (Å²) in [6, 6.07) is 7.75. The number of carbonyl (C=O) groups is 1. The van der Waals surface area contributed by atoms with Gasteiger partial charge in [-0.1, -0.05) is 12.1 Å². The third-order valence-electron chi connectivity index (χ3n) is 5.20. The molecule has 7 nitrogen and oxygen atoms in total. The van der Waals surface area contributed by atoms with Gasteiger partial charge in [0.05, 0.1) is 18.8 Å². The minimum atomic E-state index is 0.0494. The number of amides is 1. The van der Waals surface area contributed by atoms with Gasteiger partial charge in [0, 0.05) is 31.9 Å². The zero-order valence-corrected chi connectivity index (χ0v) is 15.5. The SMILES string of the molecule is O=C(c1ccc(Cn2cncn2)cc1)N(CC1CCCO1)CC1CCCO1. The van der Waals surface area contributed by atoms with Crippen molar-refractivity contribution in [3.8, 4) is 0 Å². The van der Waals surface area contributed by atoms with E-state index in [0.29, 0.717) is 25.2 Å². The third-order valence-corrected chi connectivity index (χ3v) is 5.20. The maximum Gasteiger partial charge on any atom is 0.254 e. The quantitative estimate of drug-likeness (QED) is 0.747. The van der Waals surface area contributed by atoms with Crippen molar-refractivity contribution >= 4 is 5.91 Å². The molecule has 0 aliphatic carbocycles. The van der Waals surface area contributed by atoms with Crippen LogP contribution in [0.1, 0.15) is 41.6 Å². The van der Waals surface area contributed by atoms with Crippen molar-refractivity contribution in [2.24, 2.45) is 0 Å². The van der Waals surface area contributed by atoms with Crippen LogP contribution in [0.15, 0.2) is 36.9 Å². The van der Waals surface area contributed by atoms with Crippen molar-refractivity contribution in [3.63, 3.8) is 0 Å². The Morgan fingerprint density at radius 2 is 1.74 bits per heavy atom. The van der Waals surface area contributed by atoms with Gasteiger partial charge >= 0.3 is 0 Å². The van der Waals surface area contributed by atoms with Gasteiger partial charge < -0.3 is 14.4 Å². The van der Waals surface area contributed by atoms with Gasteiger partial charge in [0.1, 0.15) is 12.7 Å². The van der Waals surface area contributed by atoms with E-state index in [2.05, 4.69) is 10.1 Å². The molecule has 144 valence electrons. The first-order chi connectivity index (χ1) is 13.3. The molecule has 2 saturated heterocycles. The van der Waals surface area contributed by atoms with Crippen LogP contribution >= 0.6 is 0 Å². The Labute approximate surface area is 159 Å². The molecule has 0 N–H and O–H groups in total. The van der Waals surface area contributed by atoms with Crippen LogP contribution in [0.25, 0.3) is 0 Å². The van der Waals surface area contributed by atoms with Gasteiger partial charge in [-0.15, -0.1) is 0 Å². The average Bonchev–Trinajstić information content (AvgIpc) is 3.45. The molecule has 1 aromatic carbocycles. The summed E-state index contributed by atoms with van der Waals surface area (Å²) in [7, 11) is 0. The van der Waals surface area contributed by atoms with Gasteiger partial charge in [-0.2, -0.15) is 5.10 Å². The molecule has 2 atom stereocenters. The average molecular weight is 370 g/mol. The zero-order chi connectivity index (χ0) is 18.5. The highest BCUT2D eigenvalue weighted by atomic mass is 16.5. The van der Waals surface area contributed by atoms with E-state index in [9.17, 15) is 4.79 Å². The topological polar surface area (TPSA) is 69.5 Å². The van der Waals surface area contributed by atoms with Crippen LogP contribution in [0.4, 0.5) is 0 Å². The monoisotopic (exact) mass is 370 g/mol. The highest BCUT2D eigenvalue weighted by molar-refractivity contribution is 5.94. The largest absolute Gasteiger partial charge is 0.376 e. The number of carbonyl (C=O) groups excluding carboxylic acids is 1. The lowest BCUT2D eigenvalue weighted by molar-refractivity contribution is 0.0307. The van der Waals surface area contributed by atoms with Gasteiger partial charge in [-0.3, -0.25) is 4.79 Å². The van der Waals surface area contributed by atoms with Crippen molar-refractivity contribution in [1.82, 2.24) is 19.7 Å². The van der Waals surface area contributed by atoms with Crippen LogP contribution in [-0.2, 0) is 16.0 Å². The summed E-state index contributed by atoms with van der Waals surface area (Å²) in [6.45, 7) is 3.51. The van der Waals surface area contributed by atoms with Gasteiger partial charge in [-0.05, 0) is 43.4 Å². The molecule has 1 amide bonds. The molecule has 2 aliphatic rings. The molecule has 4 rings (SSSR count). The second-order valence-corrected chi connectivity index (χ2v) is 7.27. The molecule has 27 heavy (non-hydrogen) atoms. The number of hydrogen-bond acceptors (Lipinski definition) is 5. The van der Waals surface area contributed by atoms with Gasteiger partial charge in [-0.25, -0.2) is 9.67 Å². The van der Waals surface area contributed by atoms with E-state index < -0.39 is 0 Å². The Bertz CT molecular complexity index is 702. The smallest absolute Gasteiger partial charge is 0.254 e. The molecule has 0 radical (unpaired) electrons. The molecule has 3 heterocycles. The summed E-state index contributed by atoms with van der Waals surface area (Å²) in [5.41, 5.74) is 1.79. The highest BCUT2D eigenvalue weighted by Gasteiger charge is 2.27. The summed E-state index contributed by atoms with van der Waals surface area (Å²) in [6.07, 6.45) is 7.67. The molecular weight excluding hydrogens is 344 g/mol. The van der Waals surface area contributed by atoms with Crippen molar-refractivity contribution in [3.05, 3.63) is 48.0 Å². The third kappa shape index (κ3) is 4.73. The van der Waals surface area contributed by atoms with Crippen LogP contribution in [-0.4, -0.2) is 64.1 Å². The predicted octanol–water partition coefficient (Wildman–Crippen LogP) is 2.13. The Morgan fingerprint density at radius 1 is 1.07 bits per heavy atom. The molecule has 2 fully saturated rings. The molecule has 0 saturated carbocycles. The first-order valence-electron chi connectivity index (χ1n) is 9.72. The van der Waals surface area contributed by atoms with Crippen molar-refractivity contribution in [1.29, 1.82) is 0 Å². The van der Waals surface area contributed by atoms with Crippen LogP contribution in [0.5, 0.6) is 0 Å². The summed E-state index contributed by atoms with van der Waals surface area (Å²) >= 11 is 0. The van der Waals surface area contributed by atoms with E-state index >= 15 is 0 Å². The summed E-state index contributed by atoms with van der Waals surface area (Å²) in [5.74, 6) is 0.0494. The van der Waals surface area contributed by atoms with Crippen molar-refractivity contribution in [2.75, 3.05) is 26.3 Å². The van der Waals surface area contributed by atoms with Crippen LogP contribution < -0.4 is 0 Å². The first kappa shape index (κ1) is 18.1. The number of benzene rings is 1. The highest BCUT2D eigenvalue weighted by Crippen LogP contribution is 2.19. The summed E-state index contributed by atoms with van der Waals surface area (Å²) < 4.78 is 13.3. The minimum Gasteiger partial charge on any atom is -0.376 e. The fraction of sp³-hybridized carbons (Fsp3) is 0.550. The lowest BCUT2D eigenvalue weighted by Crippen LogP contribution is -2.42. The maximum atomic E-state index is 13.1. The number of ether oxygens (including phenoxy) is 2. The van der Waals surface area contributed by atoms with Crippen LogP contribution in [0, 0.1) is 0 Å². The molecule has 2 aromatic rings. The van der Waals surface area contributed by atoms with Crippen molar-refractivity contribution < 1.29 is 14.3 Å². The van der Waals surface area contributed by atoms with E-state index in [-0.39, 0.29) is 18.1 Å². The van der Waals surface area contributed by atoms with Crippen molar-refractivity contribution in [2.45, 2.75) is 44.4 Å². The Balaban J connectivity index is 1.43. The van der Waals surface area contributed by atoms with Crippen LogP contribution in [0.2, 0.25) is 0 Å². The van der Waals surface area contributed by atoms with Gasteiger partial charge in [0.2, 0.25) is 0 Å². The molecule has 0 bridgehead atoms. The Kier molecular flexibility index (Phi) is 5.79. The van der Waals surface area contributed by atoms with Gasteiger partial charge in [0.25, 0.3) is 5.91 Å².